The van der Waals surface area contributed by atoms with E-state index < -0.39 is 17.4 Å². The van der Waals surface area contributed by atoms with E-state index in [9.17, 15) is 14.7 Å². The van der Waals surface area contributed by atoms with E-state index in [-0.39, 0.29) is 12.3 Å². The number of aliphatic hydroxyl groups is 1. The molecular formula is C24H19Cl2NO3. The molecule has 3 aromatic carbocycles. The van der Waals surface area contributed by atoms with E-state index in [0.29, 0.717) is 26.9 Å². The quantitative estimate of drug-likeness (QED) is 0.552. The van der Waals surface area contributed by atoms with Crippen LogP contribution in [0.2, 0.25) is 10.0 Å². The van der Waals surface area contributed by atoms with Gasteiger partial charge in [-0.25, -0.2) is 0 Å². The summed E-state index contributed by atoms with van der Waals surface area (Å²) in [5, 5.41) is 12.6. The van der Waals surface area contributed by atoms with Crippen LogP contribution in [0.5, 0.6) is 0 Å². The molecule has 0 fully saturated rings. The van der Waals surface area contributed by atoms with Crippen LogP contribution < -0.4 is 4.90 Å². The van der Waals surface area contributed by atoms with Gasteiger partial charge in [-0.2, -0.15) is 0 Å². The summed E-state index contributed by atoms with van der Waals surface area (Å²) in [6.07, 6.45) is 0. The molecule has 4 rings (SSSR count). The lowest BCUT2D eigenvalue weighted by Crippen LogP contribution is -2.47. The van der Waals surface area contributed by atoms with E-state index in [1.54, 1.807) is 67.6 Å². The van der Waals surface area contributed by atoms with Crippen LogP contribution in [-0.4, -0.2) is 16.8 Å². The molecule has 0 unspecified atom stereocenters. The molecule has 1 aliphatic rings. The second-order valence-corrected chi connectivity index (χ2v) is 8.27. The predicted molar refractivity (Wildman–Crippen MR) is 118 cm³/mol. The van der Waals surface area contributed by atoms with Gasteiger partial charge in [0.25, 0.3) is 5.91 Å². The lowest BCUT2D eigenvalue weighted by atomic mass is 9.79. The Morgan fingerprint density at radius 2 is 1.63 bits per heavy atom. The van der Waals surface area contributed by atoms with Crippen LogP contribution in [0.3, 0.4) is 0 Å². The van der Waals surface area contributed by atoms with Crippen molar-refractivity contribution >= 4 is 40.6 Å². The number of hydrogen-bond donors (Lipinski definition) is 1. The van der Waals surface area contributed by atoms with Gasteiger partial charge in [0.2, 0.25) is 0 Å². The van der Waals surface area contributed by atoms with E-state index in [1.165, 1.54) is 4.90 Å². The van der Waals surface area contributed by atoms with Crippen LogP contribution >= 0.6 is 23.2 Å². The lowest BCUT2D eigenvalue weighted by molar-refractivity contribution is -0.139. The first-order chi connectivity index (χ1) is 14.3. The van der Waals surface area contributed by atoms with Gasteiger partial charge in [-0.1, -0.05) is 72.6 Å². The van der Waals surface area contributed by atoms with Gasteiger partial charge in [0.1, 0.15) is 0 Å². The van der Waals surface area contributed by atoms with Gasteiger partial charge in [0.05, 0.1) is 18.2 Å². The zero-order valence-electron chi connectivity index (χ0n) is 16.2. The van der Waals surface area contributed by atoms with E-state index in [2.05, 4.69) is 0 Å². The molecule has 1 N–H and O–H groups in total. The Morgan fingerprint density at radius 1 is 1.00 bits per heavy atom. The first kappa shape index (κ1) is 20.6. The Kier molecular flexibility index (Phi) is 5.41. The van der Waals surface area contributed by atoms with Crippen LogP contribution in [-0.2, 0) is 16.9 Å². The molecule has 152 valence electrons. The molecule has 0 radical (unpaired) electrons. The number of Topliss-reactive ketones (excluding diaryl/α,β-unsaturated/α-hetero) is 1. The minimum Gasteiger partial charge on any atom is -0.375 e. The van der Waals surface area contributed by atoms with Gasteiger partial charge >= 0.3 is 0 Å². The number of rotatable bonds is 5. The molecule has 0 saturated heterocycles. The van der Waals surface area contributed by atoms with Gasteiger partial charge < -0.3 is 10.0 Å². The molecule has 1 amide bonds. The van der Waals surface area contributed by atoms with Gasteiger partial charge in [0.15, 0.2) is 11.4 Å². The maximum Gasteiger partial charge on any atom is 0.264 e. The SMILES string of the molecule is C[C@H](C(=O)c1ccccc1)[C@@]1(O)C(=O)N(Cc2ccc(Cl)cc2)c2ccc(Cl)cc21. The summed E-state index contributed by atoms with van der Waals surface area (Å²) in [5.74, 6) is -1.86. The number of ketones is 1. The Morgan fingerprint density at radius 3 is 2.30 bits per heavy atom. The Bertz CT molecular complexity index is 1120. The Hall–Kier alpha value is -2.66. The van der Waals surface area contributed by atoms with Crippen LogP contribution in [0.1, 0.15) is 28.4 Å². The zero-order chi connectivity index (χ0) is 21.5. The van der Waals surface area contributed by atoms with Crippen LogP contribution in [0.25, 0.3) is 0 Å². The molecule has 0 aliphatic carbocycles. The van der Waals surface area contributed by atoms with Gasteiger partial charge in [-0.15, -0.1) is 0 Å². The molecule has 1 aliphatic heterocycles. The van der Waals surface area contributed by atoms with Gasteiger partial charge in [0, 0.05) is 21.2 Å². The van der Waals surface area contributed by atoms with E-state index >= 15 is 0 Å². The largest absolute Gasteiger partial charge is 0.375 e. The van der Waals surface area contributed by atoms with Crippen molar-refractivity contribution in [1.29, 1.82) is 0 Å². The van der Waals surface area contributed by atoms with Crippen LogP contribution in [0, 0.1) is 5.92 Å². The topological polar surface area (TPSA) is 57.6 Å². The van der Waals surface area contributed by atoms with Crippen molar-refractivity contribution in [2.24, 2.45) is 5.92 Å². The van der Waals surface area contributed by atoms with E-state index in [1.807, 2.05) is 12.1 Å². The molecule has 1 heterocycles. The number of anilines is 1. The standard InChI is InChI=1S/C24H19Cl2NO3/c1-15(22(28)17-5-3-2-4-6-17)24(30)20-13-19(26)11-12-21(20)27(23(24)29)14-16-7-9-18(25)10-8-16/h2-13,15,30H,14H2,1H3/t15-,24+/m1/s1. The summed E-state index contributed by atoms with van der Waals surface area (Å²) in [6, 6.07) is 20.7. The normalized spacial score (nSPS) is 18.9. The van der Waals surface area contributed by atoms with Crippen LogP contribution in [0.15, 0.2) is 72.8 Å². The van der Waals surface area contributed by atoms with Crippen molar-refractivity contribution in [2.45, 2.75) is 19.1 Å². The molecule has 0 saturated carbocycles. The van der Waals surface area contributed by atoms with Crippen LogP contribution in [0.4, 0.5) is 5.69 Å². The number of carbonyl (C=O) groups excluding carboxylic acids is 2. The second kappa shape index (κ2) is 7.88. The number of hydrogen-bond acceptors (Lipinski definition) is 3. The van der Waals surface area contributed by atoms with Crippen molar-refractivity contribution in [1.82, 2.24) is 0 Å². The number of carbonyl (C=O) groups is 2. The monoisotopic (exact) mass is 439 g/mol. The molecule has 0 bridgehead atoms. The summed E-state index contributed by atoms with van der Waals surface area (Å²) < 4.78 is 0. The highest BCUT2D eigenvalue weighted by Crippen LogP contribution is 2.47. The van der Waals surface area contributed by atoms with Crippen molar-refractivity contribution < 1.29 is 14.7 Å². The van der Waals surface area contributed by atoms with E-state index in [0.717, 1.165) is 5.56 Å². The van der Waals surface area contributed by atoms with E-state index in [4.69, 9.17) is 23.2 Å². The smallest absolute Gasteiger partial charge is 0.264 e. The summed E-state index contributed by atoms with van der Waals surface area (Å²) in [7, 11) is 0. The molecular weight excluding hydrogens is 421 g/mol. The van der Waals surface area contributed by atoms with Crippen molar-refractivity contribution in [3.8, 4) is 0 Å². The highest BCUT2D eigenvalue weighted by Gasteiger charge is 2.55. The fourth-order valence-electron chi connectivity index (χ4n) is 3.87. The third-order valence-corrected chi connectivity index (χ3v) is 6.05. The third kappa shape index (κ3) is 3.41. The summed E-state index contributed by atoms with van der Waals surface area (Å²) in [6.45, 7) is 1.81. The molecule has 0 spiro atoms. The fourth-order valence-corrected chi connectivity index (χ4v) is 4.17. The first-order valence-corrected chi connectivity index (χ1v) is 10.3. The first-order valence-electron chi connectivity index (χ1n) is 9.50. The lowest BCUT2D eigenvalue weighted by Gasteiger charge is -2.28. The summed E-state index contributed by atoms with van der Waals surface area (Å²) in [5.41, 5.74) is 0.144. The molecule has 2 atom stereocenters. The summed E-state index contributed by atoms with van der Waals surface area (Å²) in [4.78, 5) is 28.1. The minimum absolute atomic E-state index is 0.235. The third-order valence-electron chi connectivity index (χ3n) is 5.56. The Labute approximate surface area is 184 Å². The predicted octanol–water partition coefficient (Wildman–Crippen LogP) is 5.25. The van der Waals surface area contributed by atoms with Gasteiger partial charge in [-0.3, -0.25) is 9.59 Å². The average molecular weight is 440 g/mol. The average Bonchev–Trinajstić information content (AvgIpc) is 2.97. The molecule has 4 nitrogen and oxygen atoms in total. The number of halogens is 2. The maximum absolute atomic E-state index is 13.5. The van der Waals surface area contributed by atoms with Gasteiger partial charge in [-0.05, 0) is 35.9 Å². The molecule has 30 heavy (non-hydrogen) atoms. The van der Waals surface area contributed by atoms with Crippen molar-refractivity contribution in [3.63, 3.8) is 0 Å². The molecule has 3 aromatic rings. The number of amides is 1. The highest BCUT2D eigenvalue weighted by molar-refractivity contribution is 6.31. The molecule has 6 heteroatoms. The minimum atomic E-state index is -2.01. The molecule has 0 aromatic heterocycles. The number of nitrogens with zero attached hydrogens (tertiary/aromatic N) is 1. The Balaban J connectivity index is 1.76. The number of benzene rings is 3. The van der Waals surface area contributed by atoms with Crippen molar-refractivity contribution in [3.05, 3.63) is 99.5 Å². The maximum atomic E-state index is 13.5. The fraction of sp³-hybridized carbons (Fsp3) is 0.167. The number of fused-ring (bicyclic) bond motifs is 1. The second-order valence-electron chi connectivity index (χ2n) is 7.40. The highest BCUT2D eigenvalue weighted by atomic mass is 35.5. The summed E-state index contributed by atoms with van der Waals surface area (Å²) >= 11 is 12.1. The zero-order valence-corrected chi connectivity index (χ0v) is 17.7. The van der Waals surface area contributed by atoms with Crippen molar-refractivity contribution in [2.75, 3.05) is 4.90 Å².